The van der Waals surface area contributed by atoms with E-state index >= 15 is 0 Å². The van der Waals surface area contributed by atoms with Gasteiger partial charge in [-0.1, -0.05) is 67.1 Å². The van der Waals surface area contributed by atoms with Crippen molar-refractivity contribution in [1.29, 1.82) is 0 Å². The summed E-state index contributed by atoms with van der Waals surface area (Å²) < 4.78 is 0. The largest absolute Gasteiger partial charge is 0.0779 e. The van der Waals surface area contributed by atoms with E-state index in [1.165, 1.54) is 16.7 Å². The Labute approximate surface area is 98.0 Å². The molecule has 0 fully saturated rings. The molecule has 0 radical (unpaired) electrons. The first-order valence-electron chi connectivity index (χ1n) is 5.85. The van der Waals surface area contributed by atoms with Gasteiger partial charge in [0.15, 0.2) is 0 Å². The summed E-state index contributed by atoms with van der Waals surface area (Å²) in [5.41, 5.74) is 4.08. The molecule has 0 saturated heterocycles. The molecule has 0 spiro atoms. The van der Waals surface area contributed by atoms with Crippen LogP contribution in [0.3, 0.4) is 0 Å². The lowest BCUT2D eigenvalue weighted by molar-refractivity contribution is 0.941. The van der Waals surface area contributed by atoms with Crippen LogP contribution >= 0.6 is 0 Å². The van der Waals surface area contributed by atoms with Gasteiger partial charge < -0.3 is 0 Å². The smallest absolute Gasteiger partial charge is 0.00259 e. The van der Waals surface area contributed by atoms with Crippen LogP contribution in [0.5, 0.6) is 0 Å². The summed E-state index contributed by atoms with van der Waals surface area (Å²) in [6.45, 7) is 4.33. The van der Waals surface area contributed by atoms with Gasteiger partial charge in [0.1, 0.15) is 0 Å². The summed E-state index contributed by atoms with van der Waals surface area (Å²) in [5, 5.41) is 0. The maximum atomic E-state index is 2.25. The van der Waals surface area contributed by atoms with Crippen molar-refractivity contribution in [2.75, 3.05) is 0 Å². The van der Waals surface area contributed by atoms with Crippen molar-refractivity contribution in [3.63, 3.8) is 0 Å². The van der Waals surface area contributed by atoms with Gasteiger partial charge in [0.05, 0.1) is 0 Å². The van der Waals surface area contributed by atoms with Crippen LogP contribution in [-0.2, 0) is 6.42 Å². The summed E-state index contributed by atoms with van der Waals surface area (Å²) >= 11 is 0. The highest BCUT2D eigenvalue weighted by molar-refractivity contribution is 5.34. The normalized spacial score (nSPS) is 19.4. The molecule has 0 heteroatoms. The first-order valence-corrected chi connectivity index (χ1v) is 5.85. The average Bonchev–Trinajstić information content (AvgIpc) is 2.47. The minimum atomic E-state index is 0.548. The molecule has 16 heavy (non-hydrogen) atoms. The zero-order valence-electron chi connectivity index (χ0n) is 9.98. The third kappa shape index (κ3) is 2.96. The molecular weight excluding hydrogens is 192 g/mol. The fraction of sp³-hybridized carbons (Fsp3) is 0.250. The summed E-state index contributed by atoms with van der Waals surface area (Å²) in [7, 11) is 0. The Bertz CT molecular complexity index is 430. The lowest BCUT2D eigenvalue weighted by Gasteiger charge is -2.02. The van der Waals surface area contributed by atoms with E-state index in [0.29, 0.717) is 5.92 Å². The second kappa shape index (κ2) is 4.98. The van der Waals surface area contributed by atoms with Crippen LogP contribution in [0.1, 0.15) is 18.1 Å². The van der Waals surface area contributed by atoms with Gasteiger partial charge in [-0.25, -0.2) is 0 Å². The third-order valence-corrected chi connectivity index (χ3v) is 2.87. The molecule has 1 atom stereocenters. The molecular formula is C16H18. The van der Waals surface area contributed by atoms with Gasteiger partial charge in [-0.15, -0.1) is 0 Å². The number of rotatable bonds is 2. The van der Waals surface area contributed by atoms with E-state index in [4.69, 9.17) is 0 Å². The molecule has 0 heterocycles. The van der Waals surface area contributed by atoms with E-state index in [0.717, 1.165) is 6.42 Å². The Morgan fingerprint density at radius 3 is 2.56 bits per heavy atom. The van der Waals surface area contributed by atoms with Crippen molar-refractivity contribution in [3.05, 3.63) is 71.3 Å². The van der Waals surface area contributed by atoms with Crippen LogP contribution in [0.25, 0.3) is 0 Å². The minimum absolute atomic E-state index is 0.548. The first-order chi connectivity index (χ1) is 7.74. The first kappa shape index (κ1) is 10.9. The number of allylic oxidation sites excluding steroid dienone is 6. The maximum absolute atomic E-state index is 2.25. The van der Waals surface area contributed by atoms with E-state index in [-0.39, 0.29) is 0 Å². The van der Waals surface area contributed by atoms with Crippen LogP contribution in [0.2, 0.25) is 0 Å². The van der Waals surface area contributed by atoms with Crippen LogP contribution in [0.4, 0.5) is 0 Å². The molecule has 0 aliphatic heterocycles. The summed E-state index contributed by atoms with van der Waals surface area (Å²) in [6.07, 6.45) is 12.1. The van der Waals surface area contributed by atoms with Crippen molar-refractivity contribution in [1.82, 2.24) is 0 Å². The fourth-order valence-corrected chi connectivity index (χ4v) is 1.81. The minimum Gasteiger partial charge on any atom is -0.0779 e. The Hall–Kier alpha value is -1.56. The van der Waals surface area contributed by atoms with Crippen LogP contribution in [-0.4, -0.2) is 0 Å². The average molecular weight is 210 g/mol. The summed E-state index contributed by atoms with van der Waals surface area (Å²) in [4.78, 5) is 0. The molecule has 0 N–H and O–H groups in total. The zero-order valence-corrected chi connectivity index (χ0v) is 9.98. The lowest BCUT2D eigenvalue weighted by atomic mass is 10.0. The monoisotopic (exact) mass is 210 g/mol. The van der Waals surface area contributed by atoms with E-state index in [9.17, 15) is 0 Å². The molecule has 82 valence electrons. The molecule has 1 aliphatic carbocycles. The van der Waals surface area contributed by atoms with Crippen LogP contribution in [0, 0.1) is 12.8 Å². The molecule has 1 aliphatic rings. The van der Waals surface area contributed by atoms with E-state index in [1.807, 2.05) is 0 Å². The van der Waals surface area contributed by atoms with E-state index < -0.39 is 0 Å². The van der Waals surface area contributed by atoms with Gasteiger partial charge in [0, 0.05) is 0 Å². The lowest BCUT2D eigenvalue weighted by Crippen LogP contribution is -1.88. The van der Waals surface area contributed by atoms with Gasteiger partial charge in [0.2, 0.25) is 0 Å². The third-order valence-electron chi connectivity index (χ3n) is 2.87. The molecule has 2 rings (SSSR count). The SMILES string of the molecule is Cc1ccc(CC2=CC=CC(C)C=C2)cc1. The van der Waals surface area contributed by atoms with Gasteiger partial charge in [-0.05, 0) is 30.4 Å². The van der Waals surface area contributed by atoms with Gasteiger partial charge in [-0.3, -0.25) is 0 Å². The van der Waals surface area contributed by atoms with Crippen molar-refractivity contribution in [2.24, 2.45) is 5.92 Å². The fourth-order valence-electron chi connectivity index (χ4n) is 1.81. The van der Waals surface area contributed by atoms with Crippen LogP contribution in [0.15, 0.2) is 60.2 Å². The van der Waals surface area contributed by atoms with Crippen molar-refractivity contribution in [3.8, 4) is 0 Å². The molecule has 0 saturated carbocycles. The van der Waals surface area contributed by atoms with Crippen molar-refractivity contribution in [2.45, 2.75) is 20.3 Å². The number of aryl methyl sites for hydroxylation is 1. The Morgan fingerprint density at radius 1 is 1.06 bits per heavy atom. The Morgan fingerprint density at radius 2 is 1.81 bits per heavy atom. The molecule has 1 aromatic rings. The topological polar surface area (TPSA) is 0 Å². The zero-order chi connectivity index (χ0) is 11.4. The van der Waals surface area contributed by atoms with Crippen LogP contribution < -0.4 is 0 Å². The quantitative estimate of drug-likeness (QED) is 0.685. The Balaban J connectivity index is 2.10. The molecule has 1 aromatic carbocycles. The number of hydrogen-bond donors (Lipinski definition) is 0. The van der Waals surface area contributed by atoms with Gasteiger partial charge in [0.25, 0.3) is 0 Å². The predicted molar refractivity (Wildman–Crippen MR) is 70.4 cm³/mol. The molecule has 0 aromatic heterocycles. The highest BCUT2D eigenvalue weighted by Crippen LogP contribution is 2.15. The van der Waals surface area contributed by atoms with Crippen molar-refractivity contribution < 1.29 is 0 Å². The summed E-state index contributed by atoms with van der Waals surface area (Å²) in [5.74, 6) is 0.548. The number of benzene rings is 1. The second-order valence-corrected chi connectivity index (χ2v) is 4.51. The highest BCUT2D eigenvalue weighted by Gasteiger charge is 1.99. The molecule has 0 amide bonds. The second-order valence-electron chi connectivity index (χ2n) is 4.51. The standard InChI is InChI=1S/C16H18/c1-13-4-3-5-15(9-6-13)12-16-10-7-14(2)8-11-16/h3-11,13H,12H2,1-2H3. The highest BCUT2D eigenvalue weighted by atomic mass is 14.0. The maximum Gasteiger partial charge on any atom is -0.00259 e. The van der Waals surface area contributed by atoms with Crippen molar-refractivity contribution >= 4 is 0 Å². The van der Waals surface area contributed by atoms with E-state index in [2.05, 4.69) is 68.5 Å². The molecule has 1 unspecified atom stereocenters. The van der Waals surface area contributed by atoms with Gasteiger partial charge in [-0.2, -0.15) is 0 Å². The predicted octanol–water partition coefficient (Wildman–Crippen LogP) is 4.23. The van der Waals surface area contributed by atoms with E-state index in [1.54, 1.807) is 0 Å². The molecule has 0 bridgehead atoms. The van der Waals surface area contributed by atoms with Gasteiger partial charge >= 0.3 is 0 Å². The summed E-state index contributed by atoms with van der Waals surface area (Å²) in [6, 6.07) is 8.77. The Kier molecular flexibility index (Phi) is 3.40. The molecule has 0 nitrogen and oxygen atoms in total. The number of hydrogen-bond acceptors (Lipinski definition) is 0.